The molecule has 0 bridgehead atoms. The van der Waals surface area contributed by atoms with Crippen molar-refractivity contribution >= 4 is 38.0 Å². The molecular formula is C22H29BrF3N3O5S. The maximum atomic E-state index is 13.4. The van der Waals surface area contributed by atoms with Gasteiger partial charge in [0.15, 0.2) is 0 Å². The van der Waals surface area contributed by atoms with Crippen molar-refractivity contribution in [1.29, 1.82) is 0 Å². The van der Waals surface area contributed by atoms with Crippen LogP contribution in [0.5, 0.6) is 0 Å². The standard InChI is InChI=1S/C22H29BrF3N3O5S/c1-21(2,3)34-20(31)29-9-6-14(13-29)19(30)28-10-7-16(8-11-28)27-35(32,33)18-5-4-15(23)12-17(18)22(24,25)26/h4-5,12,14,16,27H,6-11,13H2,1-3H3/t14-/m0/s1. The minimum atomic E-state index is -4.84. The molecule has 0 radical (unpaired) electrons. The fourth-order valence-corrected chi connectivity index (χ4v) is 6.04. The number of likely N-dealkylation sites (tertiary alicyclic amines) is 2. The van der Waals surface area contributed by atoms with E-state index in [9.17, 15) is 31.2 Å². The molecule has 8 nitrogen and oxygen atoms in total. The van der Waals surface area contributed by atoms with Crippen LogP contribution in [-0.4, -0.2) is 68.0 Å². The van der Waals surface area contributed by atoms with E-state index in [0.29, 0.717) is 13.0 Å². The Balaban J connectivity index is 1.57. The van der Waals surface area contributed by atoms with Crippen molar-refractivity contribution in [2.75, 3.05) is 26.2 Å². The smallest absolute Gasteiger partial charge is 0.417 e. The molecule has 2 aliphatic rings. The topological polar surface area (TPSA) is 96.0 Å². The molecule has 2 amide bonds. The van der Waals surface area contributed by atoms with E-state index in [4.69, 9.17) is 4.74 Å². The molecule has 1 atom stereocenters. The summed E-state index contributed by atoms with van der Waals surface area (Å²) >= 11 is 2.94. The Morgan fingerprint density at radius 1 is 1.06 bits per heavy atom. The third-order valence-corrected chi connectivity index (χ3v) is 7.93. The molecule has 1 aromatic carbocycles. The highest BCUT2D eigenvalue weighted by molar-refractivity contribution is 9.10. The van der Waals surface area contributed by atoms with Crippen molar-refractivity contribution in [2.24, 2.45) is 5.92 Å². The highest BCUT2D eigenvalue weighted by atomic mass is 79.9. The molecule has 2 heterocycles. The normalized spacial score (nSPS) is 20.3. The third kappa shape index (κ3) is 7.10. The predicted octanol–water partition coefficient (Wildman–Crippen LogP) is 3.99. The van der Waals surface area contributed by atoms with Crippen LogP contribution in [0, 0.1) is 5.92 Å². The molecule has 0 aliphatic carbocycles. The zero-order valence-corrected chi connectivity index (χ0v) is 22.1. The number of hydrogen-bond acceptors (Lipinski definition) is 5. The second-order valence-electron chi connectivity index (χ2n) is 9.77. The molecule has 35 heavy (non-hydrogen) atoms. The summed E-state index contributed by atoms with van der Waals surface area (Å²) in [6.07, 6.45) is -4.25. The van der Waals surface area contributed by atoms with Gasteiger partial charge in [-0.15, -0.1) is 0 Å². The summed E-state index contributed by atoms with van der Waals surface area (Å²) in [4.78, 5) is 27.5. The molecule has 1 N–H and O–H groups in total. The van der Waals surface area contributed by atoms with Crippen molar-refractivity contribution in [2.45, 2.75) is 62.7 Å². The molecule has 1 aromatic rings. The Morgan fingerprint density at radius 3 is 2.23 bits per heavy atom. The summed E-state index contributed by atoms with van der Waals surface area (Å²) in [5, 5.41) is 0. The number of nitrogens with zero attached hydrogens (tertiary/aromatic N) is 2. The molecule has 0 saturated carbocycles. The van der Waals surface area contributed by atoms with Gasteiger partial charge < -0.3 is 14.5 Å². The van der Waals surface area contributed by atoms with Gasteiger partial charge in [0.25, 0.3) is 0 Å². The van der Waals surface area contributed by atoms with E-state index in [1.54, 1.807) is 25.7 Å². The van der Waals surface area contributed by atoms with Crippen LogP contribution in [-0.2, 0) is 25.7 Å². The third-order valence-electron chi connectivity index (χ3n) is 5.85. The maximum Gasteiger partial charge on any atom is 0.417 e. The van der Waals surface area contributed by atoms with Crippen molar-refractivity contribution in [3.05, 3.63) is 28.2 Å². The quantitative estimate of drug-likeness (QED) is 0.578. The van der Waals surface area contributed by atoms with Crippen LogP contribution in [0.25, 0.3) is 0 Å². The van der Waals surface area contributed by atoms with Gasteiger partial charge in [-0.1, -0.05) is 15.9 Å². The first-order valence-electron chi connectivity index (χ1n) is 11.2. The van der Waals surface area contributed by atoms with Crippen LogP contribution in [0.1, 0.15) is 45.6 Å². The van der Waals surface area contributed by atoms with Crippen LogP contribution < -0.4 is 4.72 Å². The lowest BCUT2D eigenvalue weighted by atomic mass is 10.0. The van der Waals surface area contributed by atoms with Crippen molar-refractivity contribution < 1.29 is 35.9 Å². The van der Waals surface area contributed by atoms with Crippen molar-refractivity contribution in [1.82, 2.24) is 14.5 Å². The van der Waals surface area contributed by atoms with Crippen LogP contribution in [0.4, 0.5) is 18.0 Å². The lowest BCUT2D eigenvalue weighted by Gasteiger charge is -2.34. The summed E-state index contributed by atoms with van der Waals surface area (Å²) < 4.78 is 73.5. The first-order valence-corrected chi connectivity index (χ1v) is 13.5. The number of benzene rings is 1. The van der Waals surface area contributed by atoms with Crippen LogP contribution in [0.2, 0.25) is 0 Å². The summed E-state index contributed by atoms with van der Waals surface area (Å²) in [6.45, 7) is 6.50. The van der Waals surface area contributed by atoms with Crippen LogP contribution in [0.3, 0.4) is 0 Å². The number of carbonyl (C=O) groups excluding carboxylic acids is 2. The Bertz CT molecular complexity index is 1070. The molecule has 2 saturated heterocycles. The van der Waals surface area contributed by atoms with Crippen LogP contribution in [0.15, 0.2) is 27.6 Å². The number of rotatable bonds is 4. The zero-order valence-electron chi connectivity index (χ0n) is 19.7. The zero-order chi connectivity index (χ0) is 26.2. The monoisotopic (exact) mass is 583 g/mol. The van der Waals surface area contributed by atoms with E-state index in [1.165, 1.54) is 11.0 Å². The second kappa shape index (κ2) is 10.3. The fraction of sp³-hybridized carbons (Fsp3) is 0.636. The van der Waals surface area contributed by atoms with Gasteiger partial charge in [0.1, 0.15) is 5.60 Å². The highest BCUT2D eigenvalue weighted by Gasteiger charge is 2.39. The number of sulfonamides is 1. The highest BCUT2D eigenvalue weighted by Crippen LogP contribution is 2.36. The van der Waals surface area contributed by atoms with Gasteiger partial charge in [-0.25, -0.2) is 17.9 Å². The van der Waals surface area contributed by atoms with E-state index in [2.05, 4.69) is 20.7 Å². The fourth-order valence-electron chi connectivity index (χ4n) is 4.17. The first kappa shape index (κ1) is 27.7. The summed E-state index contributed by atoms with van der Waals surface area (Å²) in [5.41, 5.74) is -1.88. The largest absolute Gasteiger partial charge is 0.444 e. The molecule has 0 unspecified atom stereocenters. The number of ether oxygens (including phenoxy) is 1. The van der Waals surface area contributed by atoms with Crippen molar-refractivity contribution in [3.63, 3.8) is 0 Å². The number of amides is 2. The number of piperidine rings is 1. The average Bonchev–Trinajstić information content (AvgIpc) is 3.22. The van der Waals surface area contributed by atoms with E-state index >= 15 is 0 Å². The van der Waals surface area contributed by atoms with E-state index in [1.807, 2.05) is 0 Å². The minimum absolute atomic E-state index is 0.118. The van der Waals surface area contributed by atoms with Gasteiger partial charge in [-0.2, -0.15) is 13.2 Å². The Morgan fingerprint density at radius 2 is 1.66 bits per heavy atom. The van der Waals surface area contributed by atoms with Crippen molar-refractivity contribution in [3.8, 4) is 0 Å². The van der Waals surface area contributed by atoms with Gasteiger partial charge in [0.2, 0.25) is 15.9 Å². The lowest BCUT2D eigenvalue weighted by Crippen LogP contribution is -2.48. The molecule has 2 aliphatic heterocycles. The number of carbonyl (C=O) groups is 2. The molecule has 0 spiro atoms. The number of hydrogen-bond donors (Lipinski definition) is 1. The minimum Gasteiger partial charge on any atom is -0.444 e. The molecule has 13 heteroatoms. The van der Waals surface area contributed by atoms with Gasteiger partial charge >= 0.3 is 12.3 Å². The molecule has 2 fully saturated rings. The van der Waals surface area contributed by atoms with E-state index in [0.717, 1.165) is 12.1 Å². The van der Waals surface area contributed by atoms with Gasteiger partial charge in [0, 0.05) is 36.7 Å². The van der Waals surface area contributed by atoms with E-state index < -0.39 is 44.4 Å². The van der Waals surface area contributed by atoms with E-state index in [-0.39, 0.29) is 48.8 Å². The second-order valence-corrected chi connectivity index (χ2v) is 12.4. The molecular weight excluding hydrogens is 555 g/mol. The molecule has 3 rings (SSSR count). The lowest BCUT2D eigenvalue weighted by molar-refractivity contribution is -0.140. The number of halogens is 4. The molecule has 196 valence electrons. The summed E-state index contributed by atoms with van der Waals surface area (Å²) in [7, 11) is -4.43. The number of alkyl halides is 3. The number of nitrogens with one attached hydrogen (secondary N) is 1. The van der Waals surface area contributed by atoms with Gasteiger partial charge in [-0.05, 0) is 58.2 Å². The molecule has 0 aromatic heterocycles. The average molecular weight is 584 g/mol. The summed E-state index contributed by atoms with van der Waals surface area (Å²) in [6, 6.07) is 2.30. The van der Waals surface area contributed by atoms with Gasteiger partial charge in [0.05, 0.1) is 16.4 Å². The van der Waals surface area contributed by atoms with Gasteiger partial charge in [-0.3, -0.25) is 4.79 Å². The predicted molar refractivity (Wildman–Crippen MR) is 125 cm³/mol. The Kier molecular flexibility index (Phi) is 8.12. The first-order chi connectivity index (χ1) is 16.1. The Hall–Kier alpha value is -1.86. The maximum absolute atomic E-state index is 13.4. The van der Waals surface area contributed by atoms with Crippen LogP contribution >= 0.6 is 15.9 Å². The summed E-state index contributed by atoms with van der Waals surface area (Å²) in [5.74, 6) is -0.488. The Labute approximate surface area is 211 Å². The SMILES string of the molecule is CC(C)(C)OC(=O)N1CC[C@H](C(=O)N2CCC(NS(=O)(=O)c3ccc(Br)cc3C(F)(F)F)CC2)C1.